The highest BCUT2D eigenvalue weighted by Crippen LogP contribution is 2.28. The first-order valence-electron chi connectivity index (χ1n) is 8.67. The fraction of sp³-hybridized carbons (Fsp3) is 0.200. The summed E-state index contributed by atoms with van der Waals surface area (Å²) in [5, 5.41) is 0. The second-order valence-corrected chi connectivity index (χ2v) is 7.93. The fourth-order valence-electron chi connectivity index (χ4n) is 2.74. The molecule has 0 atom stereocenters. The Morgan fingerprint density at radius 2 is 2.00 bits per heavy atom. The minimum atomic E-state index is -4.10. The van der Waals surface area contributed by atoms with Crippen molar-refractivity contribution >= 4 is 16.3 Å². The molecule has 7 nitrogen and oxygen atoms in total. The molecule has 0 saturated heterocycles. The first-order valence-corrected chi connectivity index (χ1v) is 10.1. The monoisotopic (exact) mass is 418 g/mol. The average Bonchev–Trinajstić information content (AvgIpc) is 3.17. The Morgan fingerprint density at radius 1 is 1.17 bits per heavy atom. The number of benzene rings is 1. The molecule has 3 rings (SSSR count). The van der Waals surface area contributed by atoms with Gasteiger partial charge in [-0.25, -0.2) is 17.4 Å². The van der Waals surface area contributed by atoms with Gasteiger partial charge in [0.25, 0.3) is 10.0 Å². The van der Waals surface area contributed by atoms with E-state index in [4.69, 9.17) is 9.47 Å². The second-order valence-electron chi connectivity index (χ2n) is 6.11. The van der Waals surface area contributed by atoms with Crippen LogP contribution < -0.4 is 0 Å². The molecule has 0 N–H and O–H groups in total. The highest BCUT2D eigenvalue weighted by molar-refractivity contribution is 7.90. The average molecular weight is 418 g/mol. The summed E-state index contributed by atoms with van der Waals surface area (Å²) in [4.78, 5) is 14.8. The standard InChI is InChI=1S/C20H19FN2O5S/c1-27-8-9-28-14-15-4-2-5-17(10-15)29(25,26)23-12-16(13-24)11-19(23)18-6-3-7-22-20(18)21/h2-7,10-13H,8-9,14H2,1H3. The minimum Gasteiger partial charge on any atom is -0.382 e. The van der Waals surface area contributed by atoms with Gasteiger partial charge in [-0.05, 0) is 35.9 Å². The SMILES string of the molecule is COCCOCc1cccc(S(=O)(=O)n2cc(C=O)cc2-c2cccnc2F)c1. The van der Waals surface area contributed by atoms with E-state index in [0.29, 0.717) is 25.1 Å². The van der Waals surface area contributed by atoms with Crippen molar-refractivity contribution in [1.29, 1.82) is 0 Å². The number of ether oxygens (including phenoxy) is 2. The predicted octanol–water partition coefficient (Wildman–Crippen LogP) is 2.90. The molecule has 29 heavy (non-hydrogen) atoms. The highest BCUT2D eigenvalue weighted by Gasteiger charge is 2.23. The number of aldehydes is 1. The Labute approximate surface area is 167 Å². The van der Waals surface area contributed by atoms with Gasteiger partial charge >= 0.3 is 0 Å². The van der Waals surface area contributed by atoms with E-state index in [-0.39, 0.29) is 28.3 Å². The summed E-state index contributed by atoms with van der Waals surface area (Å²) in [7, 11) is -2.54. The van der Waals surface area contributed by atoms with E-state index in [1.165, 1.54) is 36.5 Å². The molecule has 0 bridgehead atoms. The van der Waals surface area contributed by atoms with E-state index in [1.54, 1.807) is 19.2 Å². The second kappa shape index (κ2) is 9.08. The Bertz CT molecular complexity index is 1110. The summed E-state index contributed by atoms with van der Waals surface area (Å²) < 4.78 is 51.9. The van der Waals surface area contributed by atoms with Crippen molar-refractivity contribution in [2.75, 3.05) is 20.3 Å². The molecule has 0 unspecified atom stereocenters. The molecule has 0 saturated carbocycles. The molecule has 0 fully saturated rings. The van der Waals surface area contributed by atoms with Crippen LogP contribution in [0.4, 0.5) is 4.39 Å². The van der Waals surface area contributed by atoms with Gasteiger partial charge in [-0.15, -0.1) is 0 Å². The fourth-order valence-corrected chi connectivity index (χ4v) is 4.19. The van der Waals surface area contributed by atoms with Crippen LogP contribution >= 0.6 is 0 Å². The van der Waals surface area contributed by atoms with Gasteiger partial charge < -0.3 is 9.47 Å². The van der Waals surface area contributed by atoms with Crippen LogP contribution in [0.1, 0.15) is 15.9 Å². The molecule has 9 heteroatoms. The normalized spacial score (nSPS) is 11.5. The van der Waals surface area contributed by atoms with Gasteiger partial charge in [0.2, 0.25) is 5.95 Å². The van der Waals surface area contributed by atoms with Crippen molar-refractivity contribution in [1.82, 2.24) is 8.96 Å². The molecule has 0 spiro atoms. The lowest BCUT2D eigenvalue weighted by Gasteiger charge is -2.12. The van der Waals surface area contributed by atoms with Gasteiger partial charge in [0.1, 0.15) is 0 Å². The van der Waals surface area contributed by atoms with Crippen LogP contribution in [-0.4, -0.2) is 44.0 Å². The van der Waals surface area contributed by atoms with Gasteiger partial charge in [0.15, 0.2) is 6.29 Å². The number of carbonyl (C=O) groups is 1. The summed E-state index contributed by atoms with van der Waals surface area (Å²) >= 11 is 0. The Balaban J connectivity index is 2.01. The van der Waals surface area contributed by atoms with Crippen LogP contribution in [-0.2, 0) is 26.1 Å². The zero-order valence-electron chi connectivity index (χ0n) is 15.6. The molecule has 0 amide bonds. The van der Waals surface area contributed by atoms with Crippen molar-refractivity contribution in [2.24, 2.45) is 0 Å². The van der Waals surface area contributed by atoms with Crippen molar-refractivity contribution in [2.45, 2.75) is 11.5 Å². The summed E-state index contributed by atoms with van der Waals surface area (Å²) in [6, 6.07) is 10.4. The Morgan fingerprint density at radius 3 is 2.72 bits per heavy atom. The van der Waals surface area contributed by atoms with Crippen molar-refractivity contribution in [3.05, 3.63) is 71.9 Å². The van der Waals surface area contributed by atoms with Crippen LogP contribution in [0.25, 0.3) is 11.3 Å². The zero-order valence-corrected chi connectivity index (χ0v) is 16.4. The van der Waals surface area contributed by atoms with E-state index in [0.717, 1.165) is 10.2 Å². The predicted molar refractivity (Wildman–Crippen MR) is 104 cm³/mol. The number of methoxy groups -OCH3 is 1. The molecular weight excluding hydrogens is 399 g/mol. The molecule has 1 aromatic carbocycles. The summed E-state index contributed by atoms with van der Waals surface area (Å²) in [5.74, 6) is -0.834. The van der Waals surface area contributed by atoms with Gasteiger partial charge in [0.05, 0.1) is 36.0 Å². The molecular formula is C20H19FN2O5S. The van der Waals surface area contributed by atoms with E-state index in [1.807, 2.05) is 0 Å². The van der Waals surface area contributed by atoms with Gasteiger partial charge in [-0.3, -0.25) is 4.79 Å². The zero-order chi connectivity index (χ0) is 20.9. The van der Waals surface area contributed by atoms with Crippen molar-refractivity contribution in [3.63, 3.8) is 0 Å². The molecule has 0 radical (unpaired) electrons. The van der Waals surface area contributed by atoms with Crippen LogP contribution in [0.2, 0.25) is 0 Å². The number of halogens is 1. The lowest BCUT2D eigenvalue weighted by Crippen LogP contribution is -2.14. The molecule has 0 aliphatic rings. The van der Waals surface area contributed by atoms with Gasteiger partial charge in [0, 0.05) is 25.1 Å². The van der Waals surface area contributed by atoms with Gasteiger partial charge in [-0.1, -0.05) is 12.1 Å². The number of nitrogens with zero attached hydrogens (tertiary/aromatic N) is 2. The maximum atomic E-state index is 14.2. The first kappa shape index (κ1) is 20.8. The van der Waals surface area contributed by atoms with Crippen molar-refractivity contribution < 1.29 is 27.1 Å². The smallest absolute Gasteiger partial charge is 0.268 e. The lowest BCUT2D eigenvalue weighted by atomic mass is 10.2. The summed E-state index contributed by atoms with van der Waals surface area (Å²) in [6.45, 7) is 1.01. The maximum absolute atomic E-state index is 14.2. The van der Waals surface area contributed by atoms with Crippen LogP contribution in [0.15, 0.2) is 59.8 Å². The summed E-state index contributed by atoms with van der Waals surface area (Å²) in [6.07, 6.45) is 2.92. The molecule has 3 aromatic rings. The highest BCUT2D eigenvalue weighted by atomic mass is 32.2. The molecule has 0 aliphatic carbocycles. The minimum absolute atomic E-state index is 0.0102. The molecule has 2 aromatic heterocycles. The largest absolute Gasteiger partial charge is 0.382 e. The van der Waals surface area contributed by atoms with Crippen LogP contribution in [0.3, 0.4) is 0 Å². The number of carbonyl (C=O) groups excluding carboxylic acids is 1. The third-order valence-corrected chi connectivity index (χ3v) is 5.80. The third-order valence-electron chi connectivity index (χ3n) is 4.13. The Hall–Kier alpha value is -2.88. The van der Waals surface area contributed by atoms with E-state index < -0.39 is 16.0 Å². The van der Waals surface area contributed by atoms with E-state index in [9.17, 15) is 17.6 Å². The van der Waals surface area contributed by atoms with E-state index in [2.05, 4.69) is 4.98 Å². The molecule has 152 valence electrons. The van der Waals surface area contributed by atoms with Gasteiger partial charge in [-0.2, -0.15) is 4.39 Å². The first-order chi connectivity index (χ1) is 14.0. The van der Waals surface area contributed by atoms with Crippen LogP contribution in [0, 0.1) is 5.95 Å². The number of aromatic nitrogens is 2. The third kappa shape index (κ3) is 4.58. The molecule has 2 heterocycles. The number of rotatable bonds is 9. The van der Waals surface area contributed by atoms with Crippen molar-refractivity contribution in [3.8, 4) is 11.3 Å². The van der Waals surface area contributed by atoms with E-state index >= 15 is 0 Å². The van der Waals surface area contributed by atoms with Crippen LogP contribution in [0.5, 0.6) is 0 Å². The summed E-state index contributed by atoms with van der Waals surface area (Å²) in [5.41, 5.74) is 0.743. The lowest BCUT2D eigenvalue weighted by molar-refractivity contribution is 0.0616. The topological polar surface area (TPSA) is 87.5 Å². The molecule has 0 aliphatic heterocycles. The Kier molecular flexibility index (Phi) is 6.53. The number of hydrogen-bond acceptors (Lipinski definition) is 6. The number of hydrogen-bond donors (Lipinski definition) is 0. The number of pyridine rings is 1. The maximum Gasteiger partial charge on any atom is 0.268 e. The quantitative estimate of drug-likeness (QED) is 0.302.